The van der Waals surface area contributed by atoms with Crippen LogP contribution in [0.1, 0.15) is 50.5 Å². The lowest BCUT2D eigenvalue weighted by molar-refractivity contribution is -0.00932. The Morgan fingerprint density at radius 3 is 2.04 bits per heavy atom. The highest BCUT2D eigenvalue weighted by molar-refractivity contribution is 5.39. The Morgan fingerprint density at radius 2 is 1.46 bits per heavy atom. The minimum Gasteiger partial charge on any atom is -0.494 e. The summed E-state index contributed by atoms with van der Waals surface area (Å²) in [4.78, 5) is 0. The van der Waals surface area contributed by atoms with Crippen LogP contribution in [-0.2, 0) is 0 Å². The van der Waals surface area contributed by atoms with Crippen molar-refractivity contribution in [2.75, 3.05) is 7.11 Å². The maximum absolute atomic E-state index is 14.0. The van der Waals surface area contributed by atoms with E-state index in [4.69, 9.17) is 9.47 Å². The van der Waals surface area contributed by atoms with E-state index in [-0.39, 0.29) is 23.8 Å². The van der Waals surface area contributed by atoms with Gasteiger partial charge >= 0.3 is 0 Å². The number of ether oxygens (including phenoxy) is 2. The predicted octanol–water partition coefficient (Wildman–Crippen LogP) is 7.08. The van der Waals surface area contributed by atoms with Crippen LogP contribution in [0.25, 0.3) is 0 Å². The van der Waals surface area contributed by atoms with Crippen LogP contribution in [0.3, 0.4) is 0 Å². The lowest BCUT2D eigenvalue weighted by Gasteiger charge is -2.30. The van der Waals surface area contributed by atoms with E-state index in [1.54, 1.807) is 12.1 Å². The number of rotatable bonds is 6. The van der Waals surface area contributed by atoms with Crippen LogP contribution in [0.5, 0.6) is 17.2 Å². The molecule has 152 valence electrons. The van der Waals surface area contributed by atoms with Gasteiger partial charge in [0.2, 0.25) is 17.6 Å². The van der Waals surface area contributed by atoms with Crippen molar-refractivity contribution in [3.8, 4) is 17.2 Å². The Hall–Kier alpha value is -2.24. The average Bonchev–Trinajstić information content (AvgIpc) is 2.66. The molecular weight excluding hydrogens is 372 g/mol. The van der Waals surface area contributed by atoms with Gasteiger partial charge in [0.15, 0.2) is 11.5 Å². The van der Waals surface area contributed by atoms with Gasteiger partial charge in [-0.25, -0.2) is 8.78 Å². The van der Waals surface area contributed by atoms with Crippen molar-refractivity contribution in [3.63, 3.8) is 0 Å². The second-order valence-corrected chi connectivity index (χ2v) is 7.56. The van der Waals surface area contributed by atoms with Crippen LogP contribution in [0.4, 0.5) is 17.6 Å². The number of methoxy groups -OCH3 is 1. The Balaban J connectivity index is 1.61. The molecule has 0 unspecified atom stereocenters. The SMILES string of the molecule is COc1ccc(Oc2ccc(C3CCC(CC(C)(F)F)CC3)cc2)c(F)c1F. The van der Waals surface area contributed by atoms with E-state index in [9.17, 15) is 17.6 Å². The van der Waals surface area contributed by atoms with Gasteiger partial charge in [0.05, 0.1) is 7.11 Å². The normalized spacial score (nSPS) is 20.1. The van der Waals surface area contributed by atoms with E-state index in [1.165, 1.54) is 19.2 Å². The van der Waals surface area contributed by atoms with Gasteiger partial charge in [-0.3, -0.25) is 0 Å². The van der Waals surface area contributed by atoms with E-state index in [1.807, 2.05) is 12.1 Å². The minimum absolute atomic E-state index is 0.0452. The summed E-state index contributed by atoms with van der Waals surface area (Å²) in [5.74, 6) is -4.40. The first kappa shape index (κ1) is 20.5. The van der Waals surface area contributed by atoms with Gasteiger partial charge in [0.1, 0.15) is 5.75 Å². The minimum atomic E-state index is -2.60. The van der Waals surface area contributed by atoms with E-state index in [2.05, 4.69) is 0 Å². The number of halogens is 4. The van der Waals surface area contributed by atoms with Gasteiger partial charge in [0, 0.05) is 6.42 Å². The molecule has 0 aromatic heterocycles. The topological polar surface area (TPSA) is 18.5 Å². The second-order valence-electron chi connectivity index (χ2n) is 7.56. The van der Waals surface area contributed by atoms with Gasteiger partial charge in [0.25, 0.3) is 0 Å². The average molecular weight is 396 g/mol. The lowest BCUT2D eigenvalue weighted by Crippen LogP contribution is -2.21. The van der Waals surface area contributed by atoms with E-state index in [0.29, 0.717) is 11.7 Å². The number of alkyl halides is 2. The maximum Gasteiger partial charge on any atom is 0.245 e. The molecule has 0 aliphatic heterocycles. The fourth-order valence-corrected chi connectivity index (χ4v) is 3.89. The molecule has 0 amide bonds. The molecule has 0 saturated heterocycles. The summed E-state index contributed by atoms with van der Waals surface area (Å²) in [7, 11) is 1.26. The highest BCUT2D eigenvalue weighted by Crippen LogP contribution is 2.40. The van der Waals surface area contributed by atoms with Gasteiger partial charge in [-0.15, -0.1) is 0 Å². The molecule has 0 bridgehead atoms. The molecule has 1 aliphatic carbocycles. The van der Waals surface area contributed by atoms with Crippen LogP contribution >= 0.6 is 0 Å². The van der Waals surface area contributed by atoms with Crippen LogP contribution in [0.2, 0.25) is 0 Å². The van der Waals surface area contributed by atoms with Crippen LogP contribution in [-0.4, -0.2) is 13.0 Å². The zero-order valence-corrected chi connectivity index (χ0v) is 16.0. The van der Waals surface area contributed by atoms with Crippen molar-refractivity contribution in [1.29, 1.82) is 0 Å². The molecule has 1 saturated carbocycles. The molecule has 28 heavy (non-hydrogen) atoms. The Labute approximate surface area is 162 Å². The third-order valence-electron chi connectivity index (χ3n) is 5.30. The van der Waals surface area contributed by atoms with Gasteiger partial charge in [-0.05, 0) is 74.3 Å². The second kappa shape index (κ2) is 8.41. The predicted molar refractivity (Wildman–Crippen MR) is 99.4 cm³/mol. The summed E-state index contributed by atoms with van der Waals surface area (Å²) in [6.07, 6.45) is 3.29. The third kappa shape index (κ3) is 4.97. The largest absolute Gasteiger partial charge is 0.494 e. The summed E-state index contributed by atoms with van der Waals surface area (Å²) in [5, 5.41) is 0. The summed E-state index contributed by atoms with van der Waals surface area (Å²) in [6.45, 7) is 0.981. The zero-order chi connectivity index (χ0) is 20.3. The summed E-state index contributed by atoms with van der Waals surface area (Å²) >= 11 is 0. The molecule has 6 heteroatoms. The van der Waals surface area contributed by atoms with Crippen molar-refractivity contribution < 1.29 is 27.0 Å². The number of hydrogen-bond acceptors (Lipinski definition) is 2. The molecule has 3 rings (SSSR count). The van der Waals surface area contributed by atoms with Crippen molar-refractivity contribution in [1.82, 2.24) is 0 Å². The molecular formula is C22H24F4O2. The Bertz CT molecular complexity index is 791. The highest BCUT2D eigenvalue weighted by Gasteiger charge is 2.30. The molecule has 0 radical (unpaired) electrons. The van der Waals surface area contributed by atoms with E-state index >= 15 is 0 Å². The van der Waals surface area contributed by atoms with Crippen molar-refractivity contribution >= 4 is 0 Å². The third-order valence-corrected chi connectivity index (χ3v) is 5.30. The quantitative estimate of drug-likeness (QED) is 0.486. The molecule has 0 heterocycles. The smallest absolute Gasteiger partial charge is 0.245 e. The van der Waals surface area contributed by atoms with Crippen molar-refractivity contribution in [2.24, 2.45) is 5.92 Å². The van der Waals surface area contributed by atoms with E-state index < -0.39 is 17.6 Å². The van der Waals surface area contributed by atoms with Gasteiger partial charge < -0.3 is 9.47 Å². The molecule has 1 fully saturated rings. The van der Waals surface area contributed by atoms with Crippen molar-refractivity contribution in [2.45, 2.75) is 50.9 Å². The van der Waals surface area contributed by atoms with Crippen LogP contribution < -0.4 is 9.47 Å². The first-order chi connectivity index (χ1) is 13.3. The molecule has 0 N–H and O–H groups in total. The number of hydrogen-bond donors (Lipinski definition) is 0. The molecule has 0 atom stereocenters. The molecule has 2 nitrogen and oxygen atoms in total. The molecule has 2 aromatic carbocycles. The summed E-state index contributed by atoms with van der Waals surface area (Å²) in [6, 6.07) is 9.84. The fourth-order valence-electron chi connectivity index (χ4n) is 3.89. The molecule has 2 aromatic rings. The van der Waals surface area contributed by atoms with Crippen molar-refractivity contribution in [3.05, 3.63) is 53.6 Å². The number of benzene rings is 2. The molecule has 0 spiro atoms. The fraction of sp³-hybridized carbons (Fsp3) is 0.455. The van der Waals surface area contributed by atoms with Crippen LogP contribution in [0.15, 0.2) is 36.4 Å². The van der Waals surface area contributed by atoms with E-state index in [0.717, 1.165) is 38.2 Å². The summed E-state index contributed by atoms with van der Waals surface area (Å²) < 4.78 is 64.3. The summed E-state index contributed by atoms with van der Waals surface area (Å²) in [5.41, 5.74) is 1.11. The first-order valence-corrected chi connectivity index (χ1v) is 9.44. The van der Waals surface area contributed by atoms with Gasteiger partial charge in [-0.1, -0.05) is 12.1 Å². The molecule has 1 aliphatic rings. The first-order valence-electron chi connectivity index (χ1n) is 9.44. The van der Waals surface area contributed by atoms with Gasteiger partial charge in [-0.2, -0.15) is 8.78 Å². The zero-order valence-electron chi connectivity index (χ0n) is 16.0. The standard InChI is InChI=1S/C22H24F4O2/c1-22(25,26)13-14-3-5-15(6-4-14)16-7-9-17(10-8-16)28-19-12-11-18(27-2)20(23)21(19)24/h7-12,14-15H,3-6,13H2,1-2H3. The van der Waals surface area contributed by atoms with Crippen LogP contribution in [0, 0.1) is 17.6 Å². The maximum atomic E-state index is 14.0. The lowest BCUT2D eigenvalue weighted by atomic mass is 9.77. The Morgan fingerprint density at radius 1 is 0.893 bits per heavy atom. The monoisotopic (exact) mass is 396 g/mol. The highest BCUT2D eigenvalue weighted by atomic mass is 19.3. The Kier molecular flexibility index (Phi) is 6.16.